The monoisotopic (exact) mass is 264 g/mol. The smallest absolute Gasteiger partial charge is 0.315 e. The van der Waals surface area contributed by atoms with Crippen molar-refractivity contribution in [2.24, 2.45) is 5.92 Å². The number of aliphatic carboxylic acids is 1. The van der Waals surface area contributed by atoms with Crippen LogP contribution in [-0.2, 0) is 14.4 Å². The Kier molecular flexibility index (Phi) is 5.05. The van der Waals surface area contributed by atoms with Gasteiger partial charge in [0.1, 0.15) is 5.92 Å². The van der Waals surface area contributed by atoms with Gasteiger partial charge in [-0.3, -0.25) is 14.4 Å². The molecule has 19 heavy (non-hydrogen) atoms. The highest BCUT2D eigenvalue weighted by Crippen LogP contribution is 2.14. The minimum absolute atomic E-state index is 0.101. The molecule has 3 N–H and O–H groups in total. The van der Waals surface area contributed by atoms with E-state index in [1.165, 1.54) is 6.92 Å². The number of carboxylic acid groups (broad SMARTS) is 1. The first kappa shape index (κ1) is 14.7. The van der Waals surface area contributed by atoms with Crippen LogP contribution in [0.4, 0.5) is 11.4 Å². The van der Waals surface area contributed by atoms with Crippen molar-refractivity contribution in [3.05, 3.63) is 24.3 Å². The molecular weight excluding hydrogens is 248 g/mol. The van der Waals surface area contributed by atoms with Crippen LogP contribution in [0.15, 0.2) is 24.3 Å². The lowest BCUT2D eigenvalue weighted by molar-refractivity contribution is -0.144. The zero-order valence-electron chi connectivity index (χ0n) is 10.8. The standard InChI is InChI=1S/C13H16N2O4/c1-3-11(16)14-9-4-6-10(7-5-9)15-12(17)8(2)13(18)19/h4-8H,3H2,1-2H3,(H,14,16)(H,15,17)(H,18,19). The number of hydrogen-bond acceptors (Lipinski definition) is 3. The number of carbonyl (C=O) groups is 3. The van der Waals surface area contributed by atoms with Crippen LogP contribution in [0.5, 0.6) is 0 Å². The molecule has 0 aliphatic carbocycles. The van der Waals surface area contributed by atoms with E-state index in [1.54, 1.807) is 31.2 Å². The van der Waals surface area contributed by atoms with E-state index in [4.69, 9.17) is 5.11 Å². The third kappa shape index (κ3) is 4.42. The summed E-state index contributed by atoms with van der Waals surface area (Å²) in [6, 6.07) is 6.46. The van der Waals surface area contributed by atoms with Gasteiger partial charge >= 0.3 is 5.97 Å². The maximum atomic E-state index is 11.5. The van der Waals surface area contributed by atoms with E-state index in [-0.39, 0.29) is 5.91 Å². The normalized spacial score (nSPS) is 11.5. The van der Waals surface area contributed by atoms with Crippen molar-refractivity contribution in [2.75, 3.05) is 10.6 Å². The molecule has 6 nitrogen and oxygen atoms in total. The Morgan fingerprint density at radius 1 is 1.11 bits per heavy atom. The molecule has 1 rings (SSSR count). The highest BCUT2D eigenvalue weighted by atomic mass is 16.4. The molecule has 1 atom stereocenters. The van der Waals surface area contributed by atoms with E-state index in [1.807, 2.05) is 0 Å². The summed E-state index contributed by atoms with van der Waals surface area (Å²) >= 11 is 0. The van der Waals surface area contributed by atoms with E-state index in [0.29, 0.717) is 17.8 Å². The number of amides is 2. The van der Waals surface area contributed by atoms with Gasteiger partial charge in [-0.05, 0) is 31.2 Å². The lowest BCUT2D eigenvalue weighted by Crippen LogP contribution is -2.26. The molecule has 1 aromatic rings. The molecule has 1 aromatic carbocycles. The fourth-order valence-electron chi connectivity index (χ4n) is 1.25. The van der Waals surface area contributed by atoms with Gasteiger partial charge in [-0.1, -0.05) is 6.92 Å². The van der Waals surface area contributed by atoms with Gasteiger partial charge in [0.2, 0.25) is 11.8 Å². The van der Waals surface area contributed by atoms with Gasteiger partial charge in [0, 0.05) is 17.8 Å². The Morgan fingerprint density at radius 3 is 2.00 bits per heavy atom. The molecule has 0 radical (unpaired) electrons. The van der Waals surface area contributed by atoms with Crippen LogP contribution < -0.4 is 10.6 Å². The van der Waals surface area contributed by atoms with Crippen LogP contribution in [0.2, 0.25) is 0 Å². The van der Waals surface area contributed by atoms with Gasteiger partial charge in [0.05, 0.1) is 0 Å². The van der Waals surface area contributed by atoms with Gasteiger partial charge in [-0.15, -0.1) is 0 Å². The third-order valence-electron chi connectivity index (χ3n) is 2.52. The maximum Gasteiger partial charge on any atom is 0.315 e. The first-order valence-corrected chi connectivity index (χ1v) is 5.87. The first-order chi connectivity index (χ1) is 8.93. The second-order valence-electron chi connectivity index (χ2n) is 4.03. The van der Waals surface area contributed by atoms with E-state index in [2.05, 4.69) is 10.6 Å². The van der Waals surface area contributed by atoms with Gasteiger partial charge in [0.25, 0.3) is 0 Å². The lowest BCUT2D eigenvalue weighted by Gasteiger charge is -2.09. The fourth-order valence-corrected chi connectivity index (χ4v) is 1.25. The Balaban J connectivity index is 2.64. The Hall–Kier alpha value is -2.37. The lowest BCUT2D eigenvalue weighted by atomic mass is 10.1. The molecule has 102 valence electrons. The number of benzene rings is 1. The van der Waals surface area contributed by atoms with Crippen molar-refractivity contribution in [3.63, 3.8) is 0 Å². The maximum absolute atomic E-state index is 11.5. The zero-order valence-corrected chi connectivity index (χ0v) is 10.8. The van der Waals surface area contributed by atoms with E-state index < -0.39 is 17.8 Å². The average molecular weight is 264 g/mol. The number of carboxylic acids is 1. The van der Waals surface area contributed by atoms with Gasteiger partial charge in [-0.2, -0.15) is 0 Å². The molecule has 0 saturated carbocycles. The van der Waals surface area contributed by atoms with E-state index in [9.17, 15) is 14.4 Å². The first-order valence-electron chi connectivity index (χ1n) is 5.87. The van der Waals surface area contributed by atoms with E-state index >= 15 is 0 Å². The molecule has 0 aliphatic rings. The van der Waals surface area contributed by atoms with E-state index in [0.717, 1.165) is 0 Å². The molecule has 0 heterocycles. The SMILES string of the molecule is CCC(=O)Nc1ccc(NC(=O)C(C)C(=O)O)cc1. The summed E-state index contributed by atoms with van der Waals surface area (Å²) in [7, 11) is 0. The molecular formula is C13H16N2O4. The zero-order chi connectivity index (χ0) is 14.4. The Labute approximate surface area is 110 Å². The predicted molar refractivity (Wildman–Crippen MR) is 70.8 cm³/mol. The van der Waals surface area contributed by atoms with Crippen molar-refractivity contribution in [3.8, 4) is 0 Å². The summed E-state index contributed by atoms with van der Waals surface area (Å²) in [5, 5.41) is 13.8. The number of nitrogens with one attached hydrogen (secondary N) is 2. The Morgan fingerprint density at radius 2 is 1.58 bits per heavy atom. The average Bonchev–Trinajstić information content (AvgIpc) is 2.39. The van der Waals surface area contributed by atoms with Crippen LogP contribution in [0.3, 0.4) is 0 Å². The van der Waals surface area contributed by atoms with Gasteiger partial charge in [0.15, 0.2) is 0 Å². The molecule has 0 spiro atoms. The summed E-state index contributed by atoms with van der Waals surface area (Å²) in [5.41, 5.74) is 1.10. The minimum atomic E-state index is -1.18. The van der Waals surface area contributed by atoms with Gasteiger partial charge in [-0.25, -0.2) is 0 Å². The number of carbonyl (C=O) groups excluding carboxylic acids is 2. The van der Waals surface area contributed by atoms with Crippen LogP contribution in [0, 0.1) is 5.92 Å². The largest absolute Gasteiger partial charge is 0.481 e. The summed E-state index contributed by atoms with van der Waals surface area (Å²) in [6.07, 6.45) is 0.384. The molecule has 0 bridgehead atoms. The Bertz CT molecular complexity index is 482. The van der Waals surface area contributed by atoms with Crippen LogP contribution >= 0.6 is 0 Å². The number of anilines is 2. The summed E-state index contributed by atoms with van der Waals surface area (Å²) in [4.78, 5) is 33.3. The van der Waals surface area contributed by atoms with Crippen molar-refractivity contribution < 1.29 is 19.5 Å². The van der Waals surface area contributed by atoms with Crippen molar-refractivity contribution in [2.45, 2.75) is 20.3 Å². The second-order valence-corrected chi connectivity index (χ2v) is 4.03. The topological polar surface area (TPSA) is 95.5 Å². The van der Waals surface area contributed by atoms with Crippen molar-refractivity contribution in [1.82, 2.24) is 0 Å². The minimum Gasteiger partial charge on any atom is -0.481 e. The predicted octanol–water partition coefficient (Wildman–Crippen LogP) is 1.69. The summed E-state index contributed by atoms with van der Waals surface area (Å²) < 4.78 is 0. The third-order valence-corrected chi connectivity index (χ3v) is 2.52. The van der Waals surface area contributed by atoms with Crippen molar-refractivity contribution >= 4 is 29.2 Å². The van der Waals surface area contributed by atoms with Crippen LogP contribution in [-0.4, -0.2) is 22.9 Å². The van der Waals surface area contributed by atoms with Crippen LogP contribution in [0.25, 0.3) is 0 Å². The van der Waals surface area contributed by atoms with Crippen LogP contribution in [0.1, 0.15) is 20.3 Å². The number of hydrogen-bond donors (Lipinski definition) is 3. The number of rotatable bonds is 5. The molecule has 0 saturated heterocycles. The highest BCUT2D eigenvalue weighted by molar-refractivity contribution is 6.04. The van der Waals surface area contributed by atoms with Gasteiger partial charge < -0.3 is 15.7 Å². The molecule has 6 heteroatoms. The summed E-state index contributed by atoms with van der Waals surface area (Å²) in [6.45, 7) is 3.06. The van der Waals surface area contributed by atoms with Crippen molar-refractivity contribution in [1.29, 1.82) is 0 Å². The molecule has 0 aromatic heterocycles. The highest BCUT2D eigenvalue weighted by Gasteiger charge is 2.20. The fraction of sp³-hybridized carbons (Fsp3) is 0.308. The second kappa shape index (κ2) is 6.53. The molecule has 2 amide bonds. The summed E-state index contributed by atoms with van der Waals surface area (Å²) in [5.74, 6) is -2.97. The molecule has 1 unspecified atom stereocenters. The molecule has 0 fully saturated rings. The quantitative estimate of drug-likeness (QED) is 0.705. The molecule has 0 aliphatic heterocycles.